The first-order chi connectivity index (χ1) is 15.5. The van der Waals surface area contributed by atoms with Crippen LogP contribution in [0.15, 0.2) is 36.4 Å². The molecule has 2 aromatic heterocycles. The second-order valence-electron chi connectivity index (χ2n) is 7.75. The van der Waals surface area contributed by atoms with E-state index >= 15 is 0 Å². The molecule has 0 radical (unpaired) electrons. The van der Waals surface area contributed by atoms with Gasteiger partial charge in [-0.25, -0.2) is 0 Å². The topological polar surface area (TPSA) is 111 Å². The van der Waals surface area contributed by atoms with Gasteiger partial charge in [-0.3, -0.25) is 9.89 Å². The Balaban J connectivity index is 1.64. The number of carbonyl (C=O) groups is 1. The summed E-state index contributed by atoms with van der Waals surface area (Å²) in [4.78, 5) is 25.6. The number of likely N-dealkylation sites (N-methyl/N-ethyl adjacent to an activating group) is 1. The summed E-state index contributed by atoms with van der Waals surface area (Å²) in [6.45, 7) is 7.36. The number of nitrogens with zero attached hydrogens (tertiary/aromatic N) is 5. The lowest BCUT2D eigenvalue weighted by Crippen LogP contribution is -2.44. The van der Waals surface area contributed by atoms with E-state index in [4.69, 9.17) is 4.74 Å². The van der Waals surface area contributed by atoms with E-state index in [1.165, 1.54) is 0 Å². The first-order valence-corrected chi connectivity index (χ1v) is 10.7. The molecule has 0 spiro atoms. The van der Waals surface area contributed by atoms with Gasteiger partial charge in [0.15, 0.2) is 11.6 Å². The van der Waals surface area contributed by atoms with Crippen LogP contribution in [0.25, 0.3) is 0 Å². The molecular formula is C22H28N8O2. The molecular weight excluding hydrogens is 408 g/mol. The standard InChI is InChI=1S/C22H28N8O2/c1-4-21(31)23-16-7-5-6-8-17(16)32-22-25-18(24-19-13-15(2)27-28-19)14-20(26-22)30-11-9-29(3)10-12-30/h5-8,13-14H,4,9-12H2,1-3H3,(H,23,31)(H2,24,25,26,27,28). The molecule has 32 heavy (non-hydrogen) atoms. The fourth-order valence-corrected chi connectivity index (χ4v) is 3.33. The van der Waals surface area contributed by atoms with E-state index in [2.05, 4.69) is 47.6 Å². The normalized spacial score (nSPS) is 14.3. The average molecular weight is 437 g/mol. The fraction of sp³-hybridized carbons (Fsp3) is 0.364. The summed E-state index contributed by atoms with van der Waals surface area (Å²) in [7, 11) is 2.11. The molecule has 0 bridgehead atoms. The number of amides is 1. The van der Waals surface area contributed by atoms with Crippen LogP contribution >= 0.6 is 0 Å². The van der Waals surface area contributed by atoms with Crippen molar-refractivity contribution in [3.8, 4) is 11.8 Å². The minimum atomic E-state index is -0.0931. The molecule has 1 aliphatic rings. The van der Waals surface area contributed by atoms with Gasteiger partial charge in [0.1, 0.15) is 11.6 Å². The maximum atomic E-state index is 11.9. The summed E-state index contributed by atoms with van der Waals surface area (Å²) in [5, 5.41) is 13.2. The Morgan fingerprint density at radius 2 is 1.91 bits per heavy atom. The van der Waals surface area contributed by atoms with E-state index in [0.717, 1.165) is 37.7 Å². The fourth-order valence-electron chi connectivity index (χ4n) is 3.33. The van der Waals surface area contributed by atoms with E-state index in [-0.39, 0.29) is 11.9 Å². The molecule has 10 heteroatoms. The van der Waals surface area contributed by atoms with Crippen LogP contribution < -0.4 is 20.3 Å². The van der Waals surface area contributed by atoms with E-state index in [9.17, 15) is 4.79 Å². The summed E-state index contributed by atoms with van der Waals surface area (Å²) in [5.41, 5.74) is 1.52. The highest BCUT2D eigenvalue weighted by Gasteiger charge is 2.19. The van der Waals surface area contributed by atoms with Crippen LogP contribution in [-0.4, -0.2) is 64.2 Å². The molecule has 10 nitrogen and oxygen atoms in total. The summed E-state index contributed by atoms with van der Waals surface area (Å²) < 4.78 is 6.05. The predicted molar refractivity (Wildman–Crippen MR) is 124 cm³/mol. The Bertz CT molecular complexity index is 1080. The van der Waals surface area contributed by atoms with E-state index in [1.54, 1.807) is 19.1 Å². The third-order valence-electron chi connectivity index (χ3n) is 5.16. The SMILES string of the molecule is CCC(=O)Nc1ccccc1Oc1nc(Nc2cc(C)[nH]n2)cc(N2CCN(C)CC2)n1. The molecule has 0 saturated carbocycles. The van der Waals surface area contributed by atoms with Crippen LogP contribution in [0.4, 0.5) is 23.1 Å². The summed E-state index contributed by atoms with van der Waals surface area (Å²) in [6.07, 6.45) is 0.376. The van der Waals surface area contributed by atoms with Crippen LogP contribution in [0.2, 0.25) is 0 Å². The Kier molecular flexibility index (Phi) is 6.50. The van der Waals surface area contributed by atoms with Crippen LogP contribution in [0.1, 0.15) is 19.0 Å². The summed E-state index contributed by atoms with van der Waals surface area (Å²) >= 11 is 0. The molecule has 0 aliphatic carbocycles. The van der Waals surface area contributed by atoms with Gasteiger partial charge in [-0.1, -0.05) is 19.1 Å². The Hall–Kier alpha value is -3.66. The van der Waals surface area contributed by atoms with Gasteiger partial charge in [-0.05, 0) is 26.1 Å². The number of ether oxygens (including phenoxy) is 1. The molecule has 1 aromatic carbocycles. The number of aryl methyl sites for hydroxylation is 1. The molecule has 1 amide bonds. The highest BCUT2D eigenvalue weighted by Crippen LogP contribution is 2.30. The Morgan fingerprint density at radius 3 is 2.62 bits per heavy atom. The smallest absolute Gasteiger partial charge is 0.326 e. The Labute approximate surface area is 187 Å². The van der Waals surface area contributed by atoms with Crippen LogP contribution in [0.3, 0.4) is 0 Å². The van der Waals surface area contributed by atoms with Gasteiger partial charge in [0.2, 0.25) is 5.91 Å². The molecule has 0 unspecified atom stereocenters. The van der Waals surface area contributed by atoms with Crippen molar-refractivity contribution in [2.24, 2.45) is 0 Å². The van der Waals surface area contributed by atoms with Crippen molar-refractivity contribution in [2.75, 3.05) is 48.8 Å². The second-order valence-corrected chi connectivity index (χ2v) is 7.75. The van der Waals surface area contributed by atoms with Crippen molar-refractivity contribution in [1.82, 2.24) is 25.1 Å². The number of anilines is 4. The lowest BCUT2D eigenvalue weighted by Gasteiger charge is -2.33. The monoisotopic (exact) mass is 436 g/mol. The first kappa shape index (κ1) is 21.6. The molecule has 3 aromatic rings. The lowest BCUT2D eigenvalue weighted by atomic mass is 10.3. The maximum absolute atomic E-state index is 11.9. The molecule has 1 fully saturated rings. The number of carbonyl (C=O) groups excluding carboxylic acids is 1. The van der Waals surface area contributed by atoms with Crippen molar-refractivity contribution in [2.45, 2.75) is 20.3 Å². The van der Waals surface area contributed by atoms with Gasteiger partial charge in [-0.15, -0.1) is 0 Å². The van der Waals surface area contributed by atoms with Gasteiger partial charge < -0.3 is 25.2 Å². The van der Waals surface area contributed by atoms with Crippen molar-refractivity contribution >= 4 is 29.0 Å². The van der Waals surface area contributed by atoms with Gasteiger partial charge in [0.05, 0.1) is 5.69 Å². The van der Waals surface area contributed by atoms with E-state index in [1.807, 2.05) is 31.2 Å². The van der Waals surface area contributed by atoms with Gasteiger partial charge >= 0.3 is 6.01 Å². The highest BCUT2D eigenvalue weighted by molar-refractivity contribution is 5.92. The van der Waals surface area contributed by atoms with Crippen LogP contribution in [0, 0.1) is 6.92 Å². The van der Waals surface area contributed by atoms with E-state index < -0.39 is 0 Å². The van der Waals surface area contributed by atoms with Crippen LogP contribution in [0.5, 0.6) is 11.8 Å². The number of aromatic amines is 1. The molecule has 3 heterocycles. The predicted octanol–water partition coefficient (Wildman–Crippen LogP) is 3.14. The molecule has 3 N–H and O–H groups in total. The van der Waals surface area contributed by atoms with Gasteiger partial charge in [0, 0.05) is 50.4 Å². The van der Waals surface area contributed by atoms with Crippen molar-refractivity contribution < 1.29 is 9.53 Å². The number of hydrogen-bond acceptors (Lipinski definition) is 8. The zero-order valence-electron chi connectivity index (χ0n) is 18.6. The molecule has 4 rings (SSSR count). The number of aromatic nitrogens is 4. The van der Waals surface area contributed by atoms with E-state index in [0.29, 0.717) is 29.5 Å². The van der Waals surface area contributed by atoms with Crippen molar-refractivity contribution in [1.29, 1.82) is 0 Å². The number of piperazine rings is 1. The third kappa shape index (κ3) is 5.33. The first-order valence-electron chi connectivity index (χ1n) is 10.7. The number of benzene rings is 1. The number of rotatable bonds is 7. The van der Waals surface area contributed by atoms with Gasteiger partial charge in [0.25, 0.3) is 0 Å². The second kappa shape index (κ2) is 9.65. The summed E-state index contributed by atoms with van der Waals surface area (Å²) in [6, 6.07) is 11.2. The van der Waals surface area contributed by atoms with Gasteiger partial charge in [-0.2, -0.15) is 15.1 Å². The quantitative estimate of drug-likeness (QED) is 0.518. The minimum absolute atomic E-state index is 0.0931. The van der Waals surface area contributed by atoms with Crippen LogP contribution in [-0.2, 0) is 4.79 Å². The maximum Gasteiger partial charge on any atom is 0.326 e. The molecule has 0 atom stereocenters. The number of H-pyrrole nitrogens is 1. The Morgan fingerprint density at radius 1 is 1.12 bits per heavy atom. The molecule has 1 saturated heterocycles. The zero-order valence-corrected chi connectivity index (χ0v) is 18.6. The van der Waals surface area contributed by atoms with Crippen molar-refractivity contribution in [3.05, 3.63) is 42.1 Å². The molecule has 1 aliphatic heterocycles. The summed E-state index contributed by atoms with van der Waals surface area (Å²) in [5.74, 6) is 2.39. The molecule has 168 valence electrons. The largest absolute Gasteiger partial charge is 0.422 e. The number of hydrogen-bond donors (Lipinski definition) is 3. The third-order valence-corrected chi connectivity index (χ3v) is 5.16. The highest BCUT2D eigenvalue weighted by atomic mass is 16.5. The number of nitrogens with one attached hydrogen (secondary N) is 3. The minimum Gasteiger partial charge on any atom is -0.422 e. The number of para-hydroxylation sites is 2. The average Bonchev–Trinajstić information content (AvgIpc) is 3.19. The zero-order chi connectivity index (χ0) is 22.5. The lowest BCUT2D eigenvalue weighted by molar-refractivity contribution is -0.115. The van der Waals surface area contributed by atoms with Crippen molar-refractivity contribution in [3.63, 3.8) is 0 Å².